The highest BCUT2D eigenvalue weighted by Crippen LogP contribution is 2.56. The van der Waals surface area contributed by atoms with Gasteiger partial charge in [-0.3, -0.25) is 4.79 Å². The van der Waals surface area contributed by atoms with E-state index in [1.807, 2.05) is 26.0 Å². The lowest BCUT2D eigenvalue weighted by Crippen LogP contribution is -2.64. The Balaban J connectivity index is 1.60. The van der Waals surface area contributed by atoms with Crippen molar-refractivity contribution in [2.24, 2.45) is 11.8 Å². The number of phenolic OH excluding ortho intramolecular Hbond substituents is 1. The molecule has 0 bridgehead atoms. The fourth-order valence-corrected chi connectivity index (χ4v) is 6.69. The number of benzene rings is 1. The van der Waals surface area contributed by atoms with Crippen molar-refractivity contribution < 1.29 is 27.8 Å². The second-order valence-corrected chi connectivity index (χ2v) is 12.6. The minimum absolute atomic E-state index is 0.0532. The third kappa shape index (κ3) is 4.83. The third-order valence-corrected chi connectivity index (χ3v) is 9.28. The lowest BCUT2D eigenvalue weighted by Gasteiger charge is -2.50. The first-order valence-corrected chi connectivity index (χ1v) is 13.7. The topological polar surface area (TPSA) is 58.6 Å². The SMILES string of the molecule is CCCCCC(C)(C)c1cc(O)c2c(c1)OC(C)(C)[C@@H]1CC[C@@H](C(=O)NC3(C(F)(F)F)CCC3)C[C@@H]21. The van der Waals surface area contributed by atoms with Crippen molar-refractivity contribution in [3.05, 3.63) is 23.3 Å². The Morgan fingerprint density at radius 2 is 1.86 bits per heavy atom. The summed E-state index contributed by atoms with van der Waals surface area (Å²) in [7, 11) is 0. The Hall–Kier alpha value is -1.92. The van der Waals surface area contributed by atoms with E-state index in [0.29, 0.717) is 37.0 Å². The Morgan fingerprint density at radius 3 is 2.44 bits per heavy atom. The van der Waals surface area contributed by atoms with Gasteiger partial charge in [-0.05, 0) is 87.8 Å². The van der Waals surface area contributed by atoms with Crippen molar-refractivity contribution >= 4 is 5.91 Å². The molecule has 3 aliphatic rings. The van der Waals surface area contributed by atoms with Crippen molar-refractivity contribution in [2.45, 2.75) is 127 Å². The number of carbonyl (C=O) groups excluding carboxylic acids is 1. The normalized spacial score (nSPS) is 26.7. The summed E-state index contributed by atoms with van der Waals surface area (Å²) < 4.78 is 47.5. The van der Waals surface area contributed by atoms with E-state index in [2.05, 4.69) is 26.1 Å². The molecule has 3 atom stereocenters. The molecule has 0 aromatic heterocycles. The van der Waals surface area contributed by atoms with Crippen LogP contribution < -0.4 is 10.1 Å². The fraction of sp³-hybridized carbons (Fsp3) is 0.759. The van der Waals surface area contributed by atoms with Crippen molar-refractivity contribution in [3.63, 3.8) is 0 Å². The fourth-order valence-electron chi connectivity index (χ4n) is 6.69. The number of rotatable bonds is 7. The van der Waals surface area contributed by atoms with Crippen LogP contribution in [0.4, 0.5) is 13.2 Å². The smallest absolute Gasteiger partial charge is 0.411 e. The monoisotopic (exact) mass is 509 g/mol. The number of aromatic hydroxyl groups is 1. The van der Waals surface area contributed by atoms with Crippen molar-refractivity contribution in [1.82, 2.24) is 5.32 Å². The molecule has 2 N–H and O–H groups in total. The predicted octanol–water partition coefficient (Wildman–Crippen LogP) is 7.52. The first kappa shape index (κ1) is 27.1. The second-order valence-electron chi connectivity index (χ2n) is 12.6. The highest BCUT2D eigenvalue weighted by Gasteiger charge is 2.60. The molecule has 2 fully saturated rings. The van der Waals surface area contributed by atoms with Gasteiger partial charge >= 0.3 is 6.18 Å². The van der Waals surface area contributed by atoms with Gasteiger partial charge in [0.05, 0.1) is 0 Å². The van der Waals surface area contributed by atoms with Crippen LogP contribution in [0.1, 0.15) is 116 Å². The molecule has 1 aliphatic heterocycles. The maximum Gasteiger partial charge on any atom is 0.411 e. The first-order valence-electron chi connectivity index (χ1n) is 13.7. The Labute approximate surface area is 213 Å². The van der Waals surface area contributed by atoms with E-state index in [4.69, 9.17) is 4.74 Å². The van der Waals surface area contributed by atoms with Crippen LogP contribution in [0.25, 0.3) is 0 Å². The average molecular weight is 510 g/mol. The number of halogens is 3. The molecule has 202 valence electrons. The molecule has 1 heterocycles. The van der Waals surface area contributed by atoms with E-state index in [9.17, 15) is 23.1 Å². The third-order valence-electron chi connectivity index (χ3n) is 9.28. The molecule has 1 amide bonds. The van der Waals surface area contributed by atoms with Gasteiger partial charge in [-0.15, -0.1) is 0 Å². The van der Waals surface area contributed by atoms with Gasteiger partial charge in [-0.25, -0.2) is 0 Å². The number of fused-ring (bicyclic) bond motifs is 3. The predicted molar refractivity (Wildman–Crippen MR) is 134 cm³/mol. The molecule has 36 heavy (non-hydrogen) atoms. The Kier molecular flexibility index (Phi) is 7.11. The summed E-state index contributed by atoms with van der Waals surface area (Å²) in [5, 5.41) is 13.6. The van der Waals surface area contributed by atoms with E-state index >= 15 is 0 Å². The molecule has 7 heteroatoms. The summed E-state index contributed by atoms with van der Waals surface area (Å²) in [4.78, 5) is 13.1. The molecule has 0 saturated heterocycles. The van der Waals surface area contributed by atoms with Crippen LogP contribution >= 0.6 is 0 Å². The van der Waals surface area contributed by atoms with Gasteiger partial charge in [0.25, 0.3) is 0 Å². The highest BCUT2D eigenvalue weighted by molar-refractivity contribution is 5.80. The van der Waals surface area contributed by atoms with Crippen LogP contribution in [0.2, 0.25) is 0 Å². The number of ether oxygens (including phenoxy) is 1. The molecule has 2 saturated carbocycles. The molecular formula is C29H42F3NO3. The number of amides is 1. The van der Waals surface area contributed by atoms with Gasteiger partial charge < -0.3 is 15.2 Å². The van der Waals surface area contributed by atoms with Crippen LogP contribution in [0.5, 0.6) is 11.5 Å². The van der Waals surface area contributed by atoms with E-state index in [0.717, 1.165) is 31.2 Å². The molecule has 4 rings (SSSR count). The van der Waals surface area contributed by atoms with E-state index in [1.165, 1.54) is 0 Å². The molecule has 0 radical (unpaired) electrons. The van der Waals surface area contributed by atoms with Gasteiger partial charge in [0.15, 0.2) is 0 Å². The van der Waals surface area contributed by atoms with Crippen LogP contribution in [0.15, 0.2) is 12.1 Å². The van der Waals surface area contributed by atoms with E-state index in [-0.39, 0.29) is 35.8 Å². The van der Waals surface area contributed by atoms with Crippen molar-refractivity contribution in [3.8, 4) is 11.5 Å². The molecule has 1 aromatic rings. The summed E-state index contributed by atoms with van der Waals surface area (Å²) in [5.41, 5.74) is -0.980. The number of carbonyl (C=O) groups is 1. The maximum atomic E-state index is 13.7. The van der Waals surface area contributed by atoms with Gasteiger partial charge in [-0.1, -0.05) is 40.0 Å². The lowest BCUT2D eigenvalue weighted by molar-refractivity contribution is -0.220. The molecule has 1 aromatic carbocycles. The maximum absolute atomic E-state index is 13.7. The van der Waals surface area contributed by atoms with Gasteiger partial charge in [0.1, 0.15) is 22.6 Å². The quantitative estimate of drug-likeness (QED) is 0.374. The zero-order chi connectivity index (χ0) is 26.5. The van der Waals surface area contributed by atoms with Gasteiger partial charge in [0.2, 0.25) is 5.91 Å². The first-order chi connectivity index (χ1) is 16.7. The highest BCUT2D eigenvalue weighted by atomic mass is 19.4. The molecule has 2 aliphatic carbocycles. The van der Waals surface area contributed by atoms with E-state index < -0.39 is 29.1 Å². The van der Waals surface area contributed by atoms with Crippen LogP contribution in [-0.2, 0) is 10.2 Å². The van der Waals surface area contributed by atoms with Crippen LogP contribution in [0, 0.1) is 11.8 Å². The second kappa shape index (κ2) is 9.43. The van der Waals surface area contributed by atoms with E-state index in [1.54, 1.807) is 0 Å². The summed E-state index contributed by atoms with van der Waals surface area (Å²) in [6, 6.07) is 3.87. The number of alkyl halides is 3. The molecule has 0 spiro atoms. The number of unbranched alkanes of at least 4 members (excludes halogenated alkanes) is 2. The largest absolute Gasteiger partial charge is 0.508 e. The average Bonchev–Trinajstić information content (AvgIpc) is 2.74. The van der Waals surface area contributed by atoms with Crippen molar-refractivity contribution in [2.75, 3.05) is 0 Å². The molecule has 4 nitrogen and oxygen atoms in total. The van der Waals surface area contributed by atoms with Crippen LogP contribution in [-0.4, -0.2) is 28.3 Å². The minimum Gasteiger partial charge on any atom is -0.508 e. The summed E-state index contributed by atoms with van der Waals surface area (Å²) >= 11 is 0. The minimum atomic E-state index is -4.44. The number of nitrogens with one attached hydrogen (secondary N) is 1. The Morgan fingerprint density at radius 1 is 1.17 bits per heavy atom. The van der Waals surface area contributed by atoms with Gasteiger partial charge in [0, 0.05) is 17.4 Å². The number of hydrogen-bond donors (Lipinski definition) is 2. The molecular weight excluding hydrogens is 467 g/mol. The summed E-state index contributed by atoms with van der Waals surface area (Å²) in [5.74, 6) is -0.283. The lowest BCUT2D eigenvalue weighted by atomic mass is 9.63. The zero-order valence-corrected chi connectivity index (χ0v) is 22.4. The number of hydrogen-bond acceptors (Lipinski definition) is 3. The summed E-state index contributed by atoms with van der Waals surface area (Å²) in [6.45, 7) is 10.6. The number of phenols is 1. The standard InChI is InChI=1S/C29H42F3NO3/c1-6-7-8-12-26(2,3)19-16-22(34)24-20-15-18(10-11-21(20)27(4,5)36-23(24)17-19)25(35)33-28(13-9-14-28)29(30,31)32/h16-18,20-21,34H,6-15H2,1-5H3,(H,33,35)/t18-,20-,21-/m1/s1. The van der Waals surface area contributed by atoms with Crippen LogP contribution in [0.3, 0.4) is 0 Å². The Bertz CT molecular complexity index is 981. The van der Waals surface area contributed by atoms with Gasteiger partial charge in [-0.2, -0.15) is 13.2 Å². The zero-order valence-electron chi connectivity index (χ0n) is 22.4. The molecule has 0 unspecified atom stereocenters. The summed E-state index contributed by atoms with van der Waals surface area (Å²) in [6.07, 6.45) is 1.93. The van der Waals surface area contributed by atoms with Crippen molar-refractivity contribution in [1.29, 1.82) is 0 Å².